The number of hydrogen-bond donors (Lipinski definition) is 1. The Bertz CT molecular complexity index is 942. The van der Waals surface area contributed by atoms with Gasteiger partial charge in [-0.25, -0.2) is 0 Å². The SMILES string of the molecule is CC1(NCCOc2ccc3c(=O)c(-c4ccccc4)coc3c2)CC1. The van der Waals surface area contributed by atoms with Crippen molar-refractivity contribution in [2.24, 2.45) is 0 Å². The minimum Gasteiger partial charge on any atom is -0.492 e. The Balaban J connectivity index is 1.52. The van der Waals surface area contributed by atoms with Crippen LogP contribution in [0, 0.1) is 0 Å². The van der Waals surface area contributed by atoms with Crippen LogP contribution in [0.4, 0.5) is 0 Å². The average Bonchev–Trinajstić information content (AvgIpc) is 3.37. The maximum Gasteiger partial charge on any atom is 0.200 e. The van der Waals surface area contributed by atoms with Crippen LogP contribution in [0.1, 0.15) is 19.8 Å². The molecule has 1 saturated carbocycles. The predicted molar refractivity (Wildman–Crippen MR) is 99.1 cm³/mol. The molecular formula is C21H21NO3. The van der Waals surface area contributed by atoms with Crippen LogP contribution in [0.25, 0.3) is 22.1 Å². The summed E-state index contributed by atoms with van der Waals surface area (Å²) < 4.78 is 11.5. The van der Waals surface area contributed by atoms with Crippen molar-refractivity contribution in [2.45, 2.75) is 25.3 Å². The van der Waals surface area contributed by atoms with Gasteiger partial charge in [0.25, 0.3) is 0 Å². The third-order valence-corrected chi connectivity index (χ3v) is 4.75. The molecule has 0 radical (unpaired) electrons. The number of rotatable bonds is 6. The maximum atomic E-state index is 12.7. The highest BCUT2D eigenvalue weighted by Gasteiger charge is 2.36. The second-order valence-corrected chi connectivity index (χ2v) is 6.84. The van der Waals surface area contributed by atoms with Gasteiger partial charge in [-0.15, -0.1) is 0 Å². The third-order valence-electron chi connectivity index (χ3n) is 4.75. The smallest absolute Gasteiger partial charge is 0.200 e. The van der Waals surface area contributed by atoms with Gasteiger partial charge in [-0.3, -0.25) is 4.79 Å². The lowest BCUT2D eigenvalue weighted by atomic mass is 10.1. The Hall–Kier alpha value is -2.59. The summed E-state index contributed by atoms with van der Waals surface area (Å²) in [4.78, 5) is 12.7. The van der Waals surface area contributed by atoms with Crippen LogP contribution in [-0.2, 0) is 0 Å². The zero-order valence-corrected chi connectivity index (χ0v) is 14.2. The van der Waals surface area contributed by atoms with E-state index in [1.165, 1.54) is 19.1 Å². The van der Waals surface area contributed by atoms with E-state index in [0.717, 1.165) is 12.1 Å². The normalized spacial score (nSPS) is 15.2. The van der Waals surface area contributed by atoms with E-state index in [9.17, 15) is 4.79 Å². The number of fused-ring (bicyclic) bond motifs is 1. The van der Waals surface area contributed by atoms with E-state index in [2.05, 4.69) is 12.2 Å². The second-order valence-electron chi connectivity index (χ2n) is 6.84. The summed E-state index contributed by atoms with van der Waals surface area (Å²) in [5, 5.41) is 4.04. The summed E-state index contributed by atoms with van der Waals surface area (Å²) in [6.45, 7) is 3.63. The number of benzene rings is 2. The standard InChI is InChI=1S/C21H21NO3/c1-21(9-10-21)22-11-12-24-16-7-8-17-19(13-16)25-14-18(20(17)23)15-5-3-2-4-6-15/h2-8,13-14,22H,9-12H2,1H3. The second kappa shape index (κ2) is 6.37. The largest absolute Gasteiger partial charge is 0.492 e. The molecule has 4 rings (SSSR count). The zero-order chi connectivity index (χ0) is 17.3. The monoisotopic (exact) mass is 335 g/mol. The quantitative estimate of drug-likeness (QED) is 0.692. The molecule has 1 aromatic heterocycles. The van der Waals surface area contributed by atoms with Crippen LogP contribution in [0.15, 0.2) is 64.0 Å². The molecule has 0 aliphatic heterocycles. The summed E-state index contributed by atoms with van der Waals surface area (Å²) in [6, 6.07) is 14.9. The first-order valence-corrected chi connectivity index (χ1v) is 8.63. The van der Waals surface area contributed by atoms with E-state index in [4.69, 9.17) is 9.15 Å². The van der Waals surface area contributed by atoms with Gasteiger partial charge in [0, 0.05) is 18.2 Å². The maximum absolute atomic E-state index is 12.7. The molecule has 4 nitrogen and oxygen atoms in total. The average molecular weight is 335 g/mol. The van der Waals surface area contributed by atoms with Crippen molar-refractivity contribution in [3.05, 3.63) is 65.0 Å². The molecule has 4 heteroatoms. The van der Waals surface area contributed by atoms with Gasteiger partial charge >= 0.3 is 0 Å². The minimum absolute atomic E-state index is 0.0256. The Labute approximate surface area is 146 Å². The number of nitrogens with one attached hydrogen (secondary N) is 1. The minimum atomic E-state index is -0.0256. The third kappa shape index (κ3) is 3.44. The van der Waals surface area contributed by atoms with Gasteiger partial charge in [-0.2, -0.15) is 0 Å². The molecule has 1 heterocycles. The van der Waals surface area contributed by atoms with Crippen molar-refractivity contribution in [1.29, 1.82) is 0 Å². The summed E-state index contributed by atoms with van der Waals surface area (Å²) in [6.07, 6.45) is 4.00. The van der Waals surface area contributed by atoms with E-state index in [-0.39, 0.29) is 5.43 Å². The van der Waals surface area contributed by atoms with Gasteiger partial charge < -0.3 is 14.5 Å². The highest BCUT2D eigenvalue weighted by atomic mass is 16.5. The molecule has 0 saturated heterocycles. The van der Waals surface area contributed by atoms with Crippen molar-refractivity contribution in [2.75, 3.05) is 13.2 Å². The summed E-state index contributed by atoms with van der Waals surface area (Å²) in [5.41, 5.74) is 2.27. The number of hydrogen-bond acceptors (Lipinski definition) is 4. The topological polar surface area (TPSA) is 51.5 Å². The molecule has 128 valence electrons. The number of ether oxygens (including phenoxy) is 1. The van der Waals surface area contributed by atoms with E-state index >= 15 is 0 Å². The van der Waals surface area contributed by atoms with Crippen LogP contribution in [0.3, 0.4) is 0 Å². The molecule has 0 spiro atoms. The van der Waals surface area contributed by atoms with Crippen LogP contribution in [0.2, 0.25) is 0 Å². The van der Waals surface area contributed by atoms with E-state index in [1.54, 1.807) is 12.1 Å². The lowest BCUT2D eigenvalue weighted by Crippen LogP contribution is -2.31. The van der Waals surface area contributed by atoms with Crippen LogP contribution >= 0.6 is 0 Å². The Kier molecular flexibility index (Phi) is 4.06. The molecule has 0 amide bonds. The van der Waals surface area contributed by atoms with Gasteiger partial charge in [0.15, 0.2) is 5.43 Å². The van der Waals surface area contributed by atoms with Crippen molar-refractivity contribution in [1.82, 2.24) is 5.32 Å². The molecule has 0 unspecified atom stereocenters. The van der Waals surface area contributed by atoms with Gasteiger partial charge in [-0.05, 0) is 37.5 Å². The van der Waals surface area contributed by atoms with Crippen molar-refractivity contribution in [3.63, 3.8) is 0 Å². The van der Waals surface area contributed by atoms with Crippen molar-refractivity contribution in [3.8, 4) is 16.9 Å². The first-order valence-electron chi connectivity index (χ1n) is 8.63. The molecular weight excluding hydrogens is 314 g/mol. The summed E-state index contributed by atoms with van der Waals surface area (Å²) >= 11 is 0. The van der Waals surface area contributed by atoms with Crippen LogP contribution < -0.4 is 15.5 Å². The Morgan fingerprint density at radius 3 is 2.72 bits per heavy atom. The van der Waals surface area contributed by atoms with E-state index in [0.29, 0.717) is 34.4 Å². The lowest BCUT2D eigenvalue weighted by Gasteiger charge is -2.12. The van der Waals surface area contributed by atoms with Crippen molar-refractivity contribution < 1.29 is 9.15 Å². The molecule has 1 fully saturated rings. The van der Waals surface area contributed by atoms with Crippen LogP contribution in [0.5, 0.6) is 5.75 Å². The van der Waals surface area contributed by atoms with Gasteiger partial charge in [-0.1, -0.05) is 30.3 Å². The highest BCUT2D eigenvalue weighted by Crippen LogP contribution is 2.33. The van der Waals surface area contributed by atoms with E-state index < -0.39 is 0 Å². The molecule has 2 aromatic carbocycles. The Morgan fingerprint density at radius 1 is 1.16 bits per heavy atom. The summed E-state index contributed by atoms with van der Waals surface area (Å²) in [7, 11) is 0. The molecule has 0 atom stereocenters. The fourth-order valence-corrected chi connectivity index (χ4v) is 2.90. The van der Waals surface area contributed by atoms with Crippen LogP contribution in [-0.4, -0.2) is 18.7 Å². The molecule has 0 bridgehead atoms. The first-order chi connectivity index (χ1) is 12.1. The van der Waals surface area contributed by atoms with Gasteiger partial charge in [0.1, 0.15) is 24.2 Å². The van der Waals surface area contributed by atoms with Gasteiger partial charge in [0.2, 0.25) is 0 Å². The van der Waals surface area contributed by atoms with Gasteiger partial charge in [0.05, 0.1) is 10.9 Å². The van der Waals surface area contributed by atoms with E-state index in [1.807, 2.05) is 36.4 Å². The fourth-order valence-electron chi connectivity index (χ4n) is 2.90. The lowest BCUT2D eigenvalue weighted by molar-refractivity contribution is 0.304. The predicted octanol–water partition coefficient (Wildman–Crippen LogP) is 3.98. The molecule has 3 aromatic rings. The fraction of sp³-hybridized carbons (Fsp3) is 0.286. The van der Waals surface area contributed by atoms with Crippen molar-refractivity contribution >= 4 is 11.0 Å². The molecule has 25 heavy (non-hydrogen) atoms. The molecule has 1 N–H and O–H groups in total. The Morgan fingerprint density at radius 2 is 1.96 bits per heavy atom. The zero-order valence-electron chi connectivity index (χ0n) is 14.2. The molecule has 1 aliphatic rings. The highest BCUT2D eigenvalue weighted by molar-refractivity contribution is 5.82. The summed E-state index contributed by atoms with van der Waals surface area (Å²) in [5.74, 6) is 0.714. The first kappa shape index (κ1) is 15.9. The molecule has 1 aliphatic carbocycles.